The van der Waals surface area contributed by atoms with E-state index in [2.05, 4.69) is 11.6 Å². The number of aromatic nitrogens is 1. The second-order valence-electron chi connectivity index (χ2n) is 9.26. The van der Waals surface area contributed by atoms with E-state index in [0.29, 0.717) is 71.2 Å². The summed E-state index contributed by atoms with van der Waals surface area (Å²) in [5, 5.41) is 11.9. The SMILES string of the molecule is C=CCOc1ccc([C@H]2C(=C(O)c3ccc4c(c3)OCCO4)C(=O)C(=O)N2c2nc3ccc(OCC)cc3s2)cc1. The summed E-state index contributed by atoms with van der Waals surface area (Å²) < 4.78 is 23.3. The van der Waals surface area contributed by atoms with Gasteiger partial charge < -0.3 is 24.1 Å². The van der Waals surface area contributed by atoms with E-state index in [4.69, 9.17) is 18.9 Å². The van der Waals surface area contributed by atoms with Crippen molar-refractivity contribution < 1.29 is 33.6 Å². The number of nitrogens with zero attached hydrogens (tertiary/aromatic N) is 2. The minimum Gasteiger partial charge on any atom is -0.507 e. The van der Waals surface area contributed by atoms with Gasteiger partial charge in [0.15, 0.2) is 16.6 Å². The van der Waals surface area contributed by atoms with Crippen LogP contribution in [0.3, 0.4) is 0 Å². The highest BCUT2D eigenvalue weighted by Gasteiger charge is 2.48. The van der Waals surface area contributed by atoms with Crippen LogP contribution in [0.1, 0.15) is 24.1 Å². The minimum atomic E-state index is -0.941. The molecule has 0 spiro atoms. The molecular weight excluding hydrogens is 544 g/mol. The van der Waals surface area contributed by atoms with Crippen molar-refractivity contribution in [2.45, 2.75) is 13.0 Å². The molecule has 1 amide bonds. The van der Waals surface area contributed by atoms with Crippen molar-refractivity contribution in [3.63, 3.8) is 0 Å². The molecule has 1 fully saturated rings. The van der Waals surface area contributed by atoms with Gasteiger partial charge in [0.2, 0.25) is 0 Å². The van der Waals surface area contributed by atoms with Crippen molar-refractivity contribution in [1.82, 2.24) is 4.98 Å². The van der Waals surface area contributed by atoms with Gasteiger partial charge >= 0.3 is 5.91 Å². The Morgan fingerprint density at radius 1 is 1.05 bits per heavy atom. The van der Waals surface area contributed by atoms with Gasteiger partial charge in [-0.3, -0.25) is 14.5 Å². The van der Waals surface area contributed by atoms with Gasteiger partial charge in [0, 0.05) is 5.56 Å². The zero-order valence-electron chi connectivity index (χ0n) is 22.2. The molecule has 41 heavy (non-hydrogen) atoms. The average Bonchev–Trinajstić information content (AvgIpc) is 3.53. The van der Waals surface area contributed by atoms with E-state index in [-0.39, 0.29) is 11.3 Å². The summed E-state index contributed by atoms with van der Waals surface area (Å²) in [4.78, 5) is 33.2. The van der Waals surface area contributed by atoms with E-state index < -0.39 is 17.7 Å². The molecule has 10 heteroatoms. The molecule has 0 radical (unpaired) electrons. The van der Waals surface area contributed by atoms with E-state index >= 15 is 0 Å². The van der Waals surface area contributed by atoms with Crippen molar-refractivity contribution in [1.29, 1.82) is 0 Å². The highest BCUT2D eigenvalue weighted by atomic mass is 32.1. The Balaban J connectivity index is 1.48. The molecule has 4 aromatic rings. The molecular formula is C31H26N2O7S. The summed E-state index contributed by atoms with van der Waals surface area (Å²) in [6, 6.07) is 16.5. The molecule has 1 N–H and O–H groups in total. The third-order valence-corrected chi connectivity index (χ3v) is 7.71. The van der Waals surface area contributed by atoms with E-state index in [1.54, 1.807) is 48.5 Å². The first-order valence-electron chi connectivity index (χ1n) is 13.1. The fourth-order valence-electron chi connectivity index (χ4n) is 4.85. The second kappa shape index (κ2) is 11.0. The Kier molecular flexibility index (Phi) is 7.07. The topological polar surface area (TPSA) is 107 Å². The highest BCUT2D eigenvalue weighted by molar-refractivity contribution is 7.22. The summed E-state index contributed by atoms with van der Waals surface area (Å²) in [7, 11) is 0. The molecule has 208 valence electrons. The maximum Gasteiger partial charge on any atom is 0.301 e. The lowest BCUT2D eigenvalue weighted by Crippen LogP contribution is -2.29. The number of hydrogen-bond acceptors (Lipinski definition) is 9. The maximum atomic E-state index is 13.6. The lowest BCUT2D eigenvalue weighted by molar-refractivity contribution is -0.132. The largest absolute Gasteiger partial charge is 0.507 e. The summed E-state index contributed by atoms with van der Waals surface area (Å²) in [6.07, 6.45) is 1.64. The van der Waals surface area contributed by atoms with Gasteiger partial charge in [-0.2, -0.15) is 0 Å². The summed E-state index contributed by atoms with van der Waals surface area (Å²) in [6.45, 7) is 7.19. The number of ether oxygens (including phenoxy) is 4. The Hall–Kier alpha value is -4.83. The van der Waals surface area contributed by atoms with Gasteiger partial charge in [-0.25, -0.2) is 4.98 Å². The van der Waals surface area contributed by atoms with Gasteiger partial charge in [0.05, 0.1) is 28.4 Å². The number of ketones is 1. The van der Waals surface area contributed by atoms with Crippen LogP contribution in [0.4, 0.5) is 5.13 Å². The van der Waals surface area contributed by atoms with Crippen molar-refractivity contribution in [3.8, 4) is 23.0 Å². The summed E-state index contributed by atoms with van der Waals surface area (Å²) in [5.74, 6) is 0.351. The van der Waals surface area contributed by atoms with Gasteiger partial charge in [-0.15, -0.1) is 0 Å². The predicted molar refractivity (Wildman–Crippen MR) is 155 cm³/mol. The number of fused-ring (bicyclic) bond motifs is 2. The molecule has 6 rings (SSSR count). The van der Waals surface area contributed by atoms with E-state index in [9.17, 15) is 14.7 Å². The summed E-state index contributed by atoms with van der Waals surface area (Å²) >= 11 is 1.27. The second-order valence-corrected chi connectivity index (χ2v) is 10.3. The van der Waals surface area contributed by atoms with E-state index in [1.807, 2.05) is 25.1 Å². The number of aliphatic hydroxyl groups is 1. The maximum absolute atomic E-state index is 13.6. The molecule has 0 bridgehead atoms. The Morgan fingerprint density at radius 2 is 1.80 bits per heavy atom. The molecule has 3 heterocycles. The first-order valence-corrected chi connectivity index (χ1v) is 13.9. The van der Waals surface area contributed by atoms with Crippen LogP contribution >= 0.6 is 11.3 Å². The third kappa shape index (κ3) is 4.87. The van der Waals surface area contributed by atoms with Crippen molar-refractivity contribution in [2.24, 2.45) is 0 Å². The molecule has 1 aromatic heterocycles. The molecule has 0 aliphatic carbocycles. The van der Waals surface area contributed by atoms with Crippen LogP contribution in [0, 0.1) is 0 Å². The number of amides is 1. The number of anilines is 1. The first-order chi connectivity index (χ1) is 20.0. The number of rotatable bonds is 8. The number of carbonyl (C=O) groups excluding carboxylic acids is 2. The van der Waals surface area contributed by atoms with Crippen molar-refractivity contribution in [2.75, 3.05) is 31.3 Å². The monoisotopic (exact) mass is 570 g/mol. The van der Waals surface area contributed by atoms with Crippen molar-refractivity contribution in [3.05, 3.63) is 90.0 Å². The average molecular weight is 571 g/mol. The Labute approximate surface area is 239 Å². The van der Waals surface area contributed by atoms with Crippen LogP contribution in [0.5, 0.6) is 23.0 Å². The zero-order valence-corrected chi connectivity index (χ0v) is 23.0. The zero-order chi connectivity index (χ0) is 28.5. The highest BCUT2D eigenvalue weighted by Crippen LogP contribution is 2.45. The molecule has 0 saturated carbocycles. The van der Waals surface area contributed by atoms with Gasteiger partial charge in [-0.05, 0) is 61.0 Å². The normalized spacial score (nSPS) is 17.6. The quantitative estimate of drug-likeness (QED) is 0.125. The van der Waals surface area contributed by atoms with Crippen molar-refractivity contribution >= 4 is 44.1 Å². The molecule has 2 aliphatic rings. The molecule has 3 aromatic carbocycles. The fourth-order valence-corrected chi connectivity index (χ4v) is 5.87. The lowest BCUT2D eigenvalue weighted by atomic mass is 9.95. The smallest absolute Gasteiger partial charge is 0.301 e. The molecule has 2 aliphatic heterocycles. The van der Waals surface area contributed by atoms with Crippen LogP contribution in [0.2, 0.25) is 0 Å². The predicted octanol–water partition coefficient (Wildman–Crippen LogP) is 5.66. The van der Waals surface area contributed by atoms with Crippen LogP contribution in [-0.4, -0.2) is 48.2 Å². The van der Waals surface area contributed by atoms with Gasteiger partial charge in [-0.1, -0.05) is 36.1 Å². The van der Waals surface area contributed by atoms with E-state index in [1.165, 1.54) is 16.2 Å². The van der Waals surface area contributed by atoms with Gasteiger partial charge in [0.1, 0.15) is 37.1 Å². The van der Waals surface area contributed by atoms with E-state index in [0.717, 1.165) is 4.70 Å². The fraction of sp³-hybridized carbons (Fsp3) is 0.194. The number of thiazole rings is 1. The number of carbonyl (C=O) groups is 2. The lowest BCUT2D eigenvalue weighted by Gasteiger charge is -2.23. The molecule has 9 nitrogen and oxygen atoms in total. The Bertz CT molecular complexity index is 1690. The molecule has 1 atom stereocenters. The number of Topliss-reactive ketones (excluding diaryl/α,β-unsaturated/α-hetero) is 1. The van der Waals surface area contributed by atoms with Crippen LogP contribution in [0.15, 0.2) is 78.9 Å². The Morgan fingerprint density at radius 3 is 2.56 bits per heavy atom. The number of hydrogen-bond donors (Lipinski definition) is 1. The van der Waals surface area contributed by atoms with Crippen LogP contribution in [-0.2, 0) is 9.59 Å². The third-order valence-electron chi connectivity index (χ3n) is 6.69. The molecule has 0 unspecified atom stereocenters. The minimum absolute atomic E-state index is 0.0549. The summed E-state index contributed by atoms with van der Waals surface area (Å²) in [5.41, 5.74) is 1.53. The number of aliphatic hydroxyl groups excluding tert-OH is 1. The molecule has 1 saturated heterocycles. The number of benzene rings is 3. The van der Waals surface area contributed by atoms with Crippen LogP contribution in [0.25, 0.3) is 16.0 Å². The standard InChI is InChI=1S/C31H26N2O7S/c1-3-13-38-20-8-5-18(6-9-20)27-26(28(34)19-7-12-23-24(16-19)40-15-14-39-23)29(35)30(36)33(27)31-32-22-11-10-21(37-4-2)17-25(22)41-31/h3,5-12,16-17,27,34H,1,4,13-15H2,2H3/t27-/m0/s1. The van der Waals surface area contributed by atoms with Crippen LogP contribution < -0.4 is 23.8 Å². The first kappa shape index (κ1) is 26.4. The van der Waals surface area contributed by atoms with Gasteiger partial charge in [0.25, 0.3) is 5.78 Å².